The zero-order valence-electron chi connectivity index (χ0n) is 36.0. The van der Waals surface area contributed by atoms with Crippen LogP contribution in [0.25, 0.3) is 132 Å². The predicted molar refractivity (Wildman–Crippen MR) is 280 cm³/mol. The van der Waals surface area contributed by atoms with Crippen LogP contribution >= 0.6 is 0 Å². The summed E-state index contributed by atoms with van der Waals surface area (Å²) in [5.74, 6) is 0. The van der Waals surface area contributed by atoms with Crippen molar-refractivity contribution < 1.29 is 0 Å². The second kappa shape index (κ2) is 15.5. The zero-order chi connectivity index (χ0) is 43.6. The average Bonchev–Trinajstić information content (AvgIpc) is 3.40. The van der Waals surface area contributed by atoms with Crippen molar-refractivity contribution >= 4 is 64.6 Å². The summed E-state index contributed by atoms with van der Waals surface area (Å²) in [5.41, 5.74) is 13.4. The molecule has 0 atom stereocenters. The van der Waals surface area contributed by atoms with Gasteiger partial charge in [0, 0.05) is 11.1 Å². The Morgan fingerprint density at radius 2 is 0.485 bits per heavy atom. The summed E-state index contributed by atoms with van der Waals surface area (Å²) in [5, 5.41) is 14.8. The molecule has 0 aliphatic rings. The Kier molecular flexibility index (Phi) is 8.89. The molecular weight excluding hydrogens is 797 g/mol. The van der Waals surface area contributed by atoms with Crippen molar-refractivity contribution in [2.45, 2.75) is 0 Å². The van der Waals surface area contributed by atoms with Gasteiger partial charge in [0.25, 0.3) is 0 Å². The van der Waals surface area contributed by atoms with Crippen LogP contribution in [0.1, 0.15) is 0 Å². The smallest absolute Gasteiger partial charge is 0.0885 e. The largest absolute Gasteiger partial charge is 0.252 e. The van der Waals surface area contributed by atoms with Gasteiger partial charge in [-0.1, -0.05) is 218 Å². The third-order valence-corrected chi connectivity index (χ3v) is 13.5. The van der Waals surface area contributed by atoms with Crippen LogP contribution in [-0.4, -0.2) is 9.97 Å². The Balaban J connectivity index is 1.03. The van der Waals surface area contributed by atoms with E-state index in [0.29, 0.717) is 0 Å². The first-order chi connectivity index (χ1) is 32.8. The number of fused-ring (bicyclic) bond motifs is 9. The molecule has 0 N–H and O–H groups in total. The summed E-state index contributed by atoms with van der Waals surface area (Å²) in [4.78, 5) is 10.3. The second-order valence-electron chi connectivity index (χ2n) is 17.2. The molecule has 0 bridgehead atoms. The lowest BCUT2D eigenvalue weighted by Gasteiger charge is -2.22. The number of aromatic nitrogens is 2. The molecule has 0 amide bonds. The van der Waals surface area contributed by atoms with Gasteiger partial charge in [-0.2, -0.15) is 0 Å². The normalized spacial score (nSPS) is 11.6. The third-order valence-electron chi connectivity index (χ3n) is 13.5. The maximum Gasteiger partial charge on any atom is 0.0885 e. The summed E-state index contributed by atoms with van der Waals surface area (Å²) >= 11 is 0. The molecule has 0 radical (unpaired) electrons. The molecule has 0 spiro atoms. The quantitative estimate of drug-likeness (QED) is 0.123. The van der Waals surface area contributed by atoms with Crippen molar-refractivity contribution in [1.82, 2.24) is 9.97 Å². The fourth-order valence-electron chi connectivity index (χ4n) is 10.7. The van der Waals surface area contributed by atoms with E-state index in [0.717, 1.165) is 22.5 Å². The van der Waals surface area contributed by atoms with Gasteiger partial charge in [-0.05, 0) is 121 Å². The maximum absolute atomic E-state index is 5.18. The van der Waals surface area contributed by atoms with Crippen LogP contribution in [0.15, 0.2) is 243 Å². The number of benzene rings is 12. The van der Waals surface area contributed by atoms with Crippen LogP contribution < -0.4 is 0 Å². The number of hydrogen-bond donors (Lipinski definition) is 0. The Morgan fingerprint density at radius 3 is 0.894 bits per heavy atom. The first-order valence-corrected chi connectivity index (χ1v) is 22.6. The van der Waals surface area contributed by atoms with Gasteiger partial charge in [-0.15, -0.1) is 0 Å². The van der Waals surface area contributed by atoms with Crippen LogP contribution in [0.3, 0.4) is 0 Å². The number of rotatable bonds is 6. The monoisotopic (exact) mass is 836 g/mol. The van der Waals surface area contributed by atoms with Crippen molar-refractivity contribution in [3.8, 4) is 67.0 Å². The molecule has 1 heterocycles. The zero-order valence-corrected chi connectivity index (χ0v) is 36.0. The molecule has 0 saturated carbocycles. The molecule has 13 aromatic rings. The molecule has 12 aromatic carbocycles. The van der Waals surface area contributed by atoms with Gasteiger partial charge >= 0.3 is 0 Å². The molecule has 0 saturated heterocycles. The third kappa shape index (κ3) is 6.04. The van der Waals surface area contributed by atoms with Crippen molar-refractivity contribution in [2.75, 3.05) is 0 Å². The average molecular weight is 837 g/mol. The van der Waals surface area contributed by atoms with Gasteiger partial charge < -0.3 is 0 Å². The lowest BCUT2D eigenvalue weighted by atomic mass is 9.81. The molecule has 66 heavy (non-hydrogen) atoms. The minimum atomic E-state index is 0.826. The molecule has 0 aliphatic carbocycles. The van der Waals surface area contributed by atoms with E-state index in [-0.39, 0.29) is 0 Å². The van der Waals surface area contributed by atoms with Crippen molar-refractivity contribution in [2.24, 2.45) is 0 Å². The Morgan fingerprint density at radius 1 is 0.197 bits per heavy atom. The number of hydrogen-bond acceptors (Lipinski definition) is 2. The summed E-state index contributed by atoms with van der Waals surface area (Å²) in [6.45, 7) is 0. The molecule has 306 valence electrons. The molecule has 0 aliphatic heterocycles. The first kappa shape index (κ1) is 37.8. The van der Waals surface area contributed by atoms with Crippen molar-refractivity contribution in [3.63, 3.8) is 0 Å². The maximum atomic E-state index is 5.18. The summed E-state index contributed by atoms with van der Waals surface area (Å²) < 4.78 is 0. The van der Waals surface area contributed by atoms with Gasteiger partial charge in [0.1, 0.15) is 0 Å². The highest BCUT2D eigenvalue weighted by molar-refractivity contribution is 6.37. The van der Waals surface area contributed by atoms with E-state index in [9.17, 15) is 0 Å². The first-order valence-electron chi connectivity index (χ1n) is 22.6. The van der Waals surface area contributed by atoms with E-state index in [2.05, 4.69) is 231 Å². The SMILES string of the molecule is c1ccc(-c2c3ccccc3c(-c3ccccc3)c3cc(-c4cnc(-c5ccc6c(-c7ccccc7)c7c8ccccc8c8ccccc8c7c(-c7ccccc7)c6c5)cn4)ccc23)cc1. The highest BCUT2D eigenvalue weighted by Gasteiger charge is 2.23. The lowest BCUT2D eigenvalue weighted by molar-refractivity contribution is 1.21. The highest BCUT2D eigenvalue weighted by atomic mass is 14.8. The van der Waals surface area contributed by atoms with Gasteiger partial charge in [0.15, 0.2) is 0 Å². The summed E-state index contributed by atoms with van der Waals surface area (Å²) in [6, 6.07) is 83.6. The minimum Gasteiger partial charge on any atom is -0.252 e. The summed E-state index contributed by atoms with van der Waals surface area (Å²) in [6.07, 6.45) is 3.88. The Bertz CT molecular complexity index is 3990. The molecule has 13 rings (SSSR count). The van der Waals surface area contributed by atoms with E-state index >= 15 is 0 Å². The number of nitrogens with zero attached hydrogens (tertiary/aromatic N) is 2. The fourth-order valence-corrected chi connectivity index (χ4v) is 10.7. The van der Waals surface area contributed by atoms with Crippen molar-refractivity contribution in [1.29, 1.82) is 0 Å². The van der Waals surface area contributed by atoms with E-state index in [1.807, 2.05) is 12.4 Å². The Hall–Kier alpha value is -8.72. The van der Waals surface area contributed by atoms with Crippen LogP contribution in [-0.2, 0) is 0 Å². The molecule has 1 aromatic heterocycles. The topological polar surface area (TPSA) is 25.8 Å². The standard InChI is InChI=1S/C64H40N2/c1-5-19-41(20-6-1)59-51-31-17-18-32-52(51)60(42-21-7-2-8-22-42)55-37-45(33-35-53(55)59)57-39-66-58(40-65-57)46-34-36-54-56(38-46)62(44-25-11-4-12-26-44)64-50-30-16-14-28-48(50)47-27-13-15-29-49(47)63(64)61(54)43-23-9-3-10-24-43/h1-40H. The molecule has 0 unspecified atom stereocenters. The van der Waals surface area contributed by atoms with Crippen LogP contribution in [0.4, 0.5) is 0 Å². The van der Waals surface area contributed by atoms with E-state index < -0.39 is 0 Å². The summed E-state index contributed by atoms with van der Waals surface area (Å²) in [7, 11) is 0. The molecular formula is C64H40N2. The molecule has 2 nitrogen and oxygen atoms in total. The van der Waals surface area contributed by atoms with E-state index in [4.69, 9.17) is 9.97 Å². The molecule has 0 fully saturated rings. The van der Waals surface area contributed by atoms with Crippen LogP contribution in [0, 0.1) is 0 Å². The lowest BCUT2D eigenvalue weighted by Crippen LogP contribution is -1.95. The van der Waals surface area contributed by atoms with Crippen LogP contribution in [0.5, 0.6) is 0 Å². The molecule has 2 heteroatoms. The van der Waals surface area contributed by atoms with Crippen molar-refractivity contribution in [3.05, 3.63) is 243 Å². The van der Waals surface area contributed by atoms with E-state index in [1.165, 1.54) is 109 Å². The predicted octanol–water partition coefficient (Wildman–Crippen LogP) is 17.4. The van der Waals surface area contributed by atoms with Gasteiger partial charge in [0.05, 0.1) is 23.8 Å². The van der Waals surface area contributed by atoms with E-state index in [1.54, 1.807) is 0 Å². The second-order valence-corrected chi connectivity index (χ2v) is 17.2. The van der Waals surface area contributed by atoms with Gasteiger partial charge in [-0.25, -0.2) is 0 Å². The minimum absolute atomic E-state index is 0.826. The van der Waals surface area contributed by atoms with Gasteiger partial charge in [0.2, 0.25) is 0 Å². The van der Waals surface area contributed by atoms with Crippen LogP contribution in [0.2, 0.25) is 0 Å². The Labute approximate surface area is 382 Å². The van der Waals surface area contributed by atoms with Gasteiger partial charge in [-0.3, -0.25) is 9.97 Å². The fraction of sp³-hybridized carbons (Fsp3) is 0. The highest BCUT2D eigenvalue weighted by Crippen LogP contribution is 2.50.